The van der Waals surface area contributed by atoms with E-state index in [0.717, 1.165) is 47.7 Å². The molecule has 1 fully saturated rings. The van der Waals surface area contributed by atoms with Crippen LogP contribution in [0.1, 0.15) is 17.2 Å². The minimum atomic E-state index is 0.0932. The van der Waals surface area contributed by atoms with E-state index in [2.05, 4.69) is 44.3 Å². The molecule has 5 heteroatoms. The van der Waals surface area contributed by atoms with E-state index in [9.17, 15) is 0 Å². The van der Waals surface area contributed by atoms with Crippen LogP contribution in [0.5, 0.6) is 11.5 Å². The zero-order valence-corrected chi connectivity index (χ0v) is 15.7. The lowest BCUT2D eigenvalue weighted by Gasteiger charge is -2.36. The van der Waals surface area contributed by atoms with Gasteiger partial charge in [0.1, 0.15) is 11.5 Å². The zero-order chi connectivity index (χ0) is 16.9. The molecule has 2 aromatic carbocycles. The summed E-state index contributed by atoms with van der Waals surface area (Å²) < 4.78 is 12.4. The summed E-state index contributed by atoms with van der Waals surface area (Å²) in [5.74, 6) is 1.80. The Balaban J connectivity index is 2.13. The second-order valence-corrected chi connectivity index (χ2v) is 6.73. The second-order valence-electron chi connectivity index (χ2n) is 5.82. The molecule has 3 rings (SSSR count). The number of ether oxygens (including phenoxy) is 2. The summed E-state index contributed by atoms with van der Waals surface area (Å²) in [5, 5.41) is 3.43. The summed E-state index contributed by atoms with van der Waals surface area (Å²) in [6.45, 7) is 3.95. The molecule has 0 amide bonds. The summed E-state index contributed by atoms with van der Waals surface area (Å²) in [5.41, 5.74) is 2.32. The molecule has 0 aromatic heterocycles. The third-order valence-corrected chi connectivity index (χ3v) is 4.93. The van der Waals surface area contributed by atoms with Crippen LogP contribution in [0.15, 0.2) is 46.9 Å². The Morgan fingerprint density at radius 3 is 2.33 bits per heavy atom. The Labute approximate surface area is 151 Å². The van der Waals surface area contributed by atoms with Gasteiger partial charge >= 0.3 is 0 Å². The molecular formula is C19H23BrN2O2. The lowest BCUT2D eigenvalue weighted by atomic mass is 9.94. The zero-order valence-electron chi connectivity index (χ0n) is 14.1. The average molecular weight is 391 g/mol. The highest BCUT2D eigenvalue weighted by Gasteiger charge is 2.28. The van der Waals surface area contributed by atoms with Crippen LogP contribution in [0.3, 0.4) is 0 Å². The largest absolute Gasteiger partial charge is 0.496 e. The van der Waals surface area contributed by atoms with Gasteiger partial charge < -0.3 is 14.8 Å². The lowest BCUT2D eigenvalue weighted by Crippen LogP contribution is -2.45. The highest BCUT2D eigenvalue weighted by molar-refractivity contribution is 9.10. The number of para-hydroxylation sites is 1. The van der Waals surface area contributed by atoms with Gasteiger partial charge in [0.15, 0.2) is 0 Å². The van der Waals surface area contributed by atoms with Gasteiger partial charge in [0.2, 0.25) is 0 Å². The Hall–Kier alpha value is -1.56. The van der Waals surface area contributed by atoms with Crippen LogP contribution in [-0.2, 0) is 0 Å². The molecule has 1 saturated heterocycles. The molecule has 128 valence electrons. The number of nitrogens with zero attached hydrogens (tertiary/aromatic N) is 1. The molecule has 2 aromatic rings. The summed E-state index contributed by atoms with van der Waals surface area (Å²) in [6, 6.07) is 14.5. The molecule has 1 unspecified atom stereocenters. The van der Waals surface area contributed by atoms with Gasteiger partial charge in [0.05, 0.1) is 20.3 Å². The van der Waals surface area contributed by atoms with Crippen molar-refractivity contribution in [3.63, 3.8) is 0 Å². The number of halogens is 1. The first-order valence-corrected chi connectivity index (χ1v) is 8.95. The monoisotopic (exact) mass is 390 g/mol. The first-order chi connectivity index (χ1) is 11.7. The lowest BCUT2D eigenvalue weighted by molar-refractivity contribution is 0.192. The first-order valence-electron chi connectivity index (χ1n) is 8.15. The molecule has 0 bridgehead atoms. The molecule has 1 atom stereocenters. The van der Waals surface area contributed by atoms with Crippen molar-refractivity contribution in [2.75, 3.05) is 40.4 Å². The first kappa shape index (κ1) is 17.3. The summed E-state index contributed by atoms with van der Waals surface area (Å²) in [4.78, 5) is 2.48. The van der Waals surface area contributed by atoms with Crippen LogP contribution in [-0.4, -0.2) is 45.3 Å². The molecule has 0 radical (unpaired) electrons. The van der Waals surface area contributed by atoms with E-state index in [4.69, 9.17) is 9.47 Å². The molecule has 1 heterocycles. The number of methoxy groups -OCH3 is 2. The van der Waals surface area contributed by atoms with Gasteiger partial charge in [-0.15, -0.1) is 0 Å². The van der Waals surface area contributed by atoms with Crippen molar-refractivity contribution in [2.45, 2.75) is 6.04 Å². The van der Waals surface area contributed by atoms with Gasteiger partial charge in [-0.1, -0.05) is 34.1 Å². The molecule has 24 heavy (non-hydrogen) atoms. The van der Waals surface area contributed by atoms with Crippen molar-refractivity contribution >= 4 is 15.9 Å². The molecule has 1 aliphatic heterocycles. The topological polar surface area (TPSA) is 33.7 Å². The van der Waals surface area contributed by atoms with E-state index in [-0.39, 0.29) is 6.04 Å². The number of benzene rings is 2. The number of nitrogens with one attached hydrogen (secondary N) is 1. The molecule has 4 nitrogen and oxygen atoms in total. The Bertz CT molecular complexity index is 687. The maximum absolute atomic E-state index is 5.66. The third-order valence-electron chi connectivity index (χ3n) is 4.44. The Morgan fingerprint density at radius 2 is 1.62 bits per heavy atom. The van der Waals surface area contributed by atoms with Crippen LogP contribution in [0.2, 0.25) is 0 Å². The van der Waals surface area contributed by atoms with Crippen LogP contribution in [0.4, 0.5) is 0 Å². The van der Waals surface area contributed by atoms with Gasteiger partial charge in [-0.3, -0.25) is 4.90 Å². The van der Waals surface area contributed by atoms with Crippen molar-refractivity contribution in [2.24, 2.45) is 0 Å². The summed E-state index contributed by atoms with van der Waals surface area (Å²) >= 11 is 3.61. The SMILES string of the molecule is COc1ccccc1C(c1cc(Br)ccc1OC)N1CCNCC1. The number of piperazine rings is 1. The van der Waals surface area contributed by atoms with E-state index in [0.29, 0.717) is 0 Å². The van der Waals surface area contributed by atoms with E-state index in [1.807, 2.05) is 24.3 Å². The Morgan fingerprint density at radius 1 is 0.958 bits per heavy atom. The standard InChI is InChI=1S/C19H23BrN2O2/c1-23-17-6-4-3-5-15(17)19(22-11-9-21-10-12-22)16-13-14(20)7-8-18(16)24-2/h3-8,13,19,21H,9-12H2,1-2H3. The molecule has 1 N–H and O–H groups in total. The Kier molecular flexibility index (Phi) is 5.76. The summed E-state index contributed by atoms with van der Waals surface area (Å²) in [6.07, 6.45) is 0. The van der Waals surface area contributed by atoms with Crippen molar-refractivity contribution in [1.29, 1.82) is 0 Å². The number of hydrogen-bond acceptors (Lipinski definition) is 4. The number of hydrogen-bond donors (Lipinski definition) is 1. The summed E-state index contributed by atoms with van der Waals surface area (Å²) in [7, 11) is 3.45. The van der Waals surface area contributed by atoms with Gasteiger partial charge in [-0.2, -0.15) is 0 Å². The van der Waals surface area contributed by atoms with Crippen molar-refractivity contribution in [3.8, 4) is 11.5 Å². The van der Waals surface area contributed by atoms with Crippen LogP contribution in [0.25, 0.3) is 0 Å². The van der Waals surface area contributed by atoms with Gasteiger partial charge in [0.25, 0.3) is 0 Å². The maximum Gasteiger partial charge on any atom is 0.124 e. The van der Waals surface area contributed by atoms with Crippen molar-refractivity contribution < 1.29 is 9.47 Å². The normalized spacial score (nSPS) is 16.6. The van der Waals surface area contributed by atoms with E-state index >= 15 is 0 Å². The van der Waals surface area contributed by atoms with Crippen molar-refractivity contribution in [3.05, 3.63) is 58.1 Å². The minimum absolute atomic E-state index is 0.0932. The third kappa shape index (κ3) is 3.58. The van der Waals surface area contributed by atoms with E-state index < -0.39 is 0 Å². The maximum atomic E-state index is 5.66. The fourth-order valence-electron chi connectivity index (χ4n) is 3.31. The van der Waals surface area contributed by atoms with E-state index in [1.165, 1.54) is 5.56 Å². The van der Waals surface area contributed by atoms with Crippen LogP contribution >= 0.6 is 15.9 Å². The van der Waals surface area contributed by atoms with Crippen molar-refractivity contribution in [1.82, 2.24) is 10.2 Å². The molecular weight excluding hydrogens is 368 g/mol. The molecule has 1 aliphatic rings. The molecule has 0 aliphatic carbocycles. The quantitative estimate of drug-likeness (QED) is 0.847. The molecule has 0 spiro atoms. The number of rotatable bonds is 5. The predicted molar refractivity (Wildman–Crippen MR) is 100.0 cm³/mol. The fourth-order valence-corrected chi connectivity index (χ4v) is 3.69. The molecule has 0 saturated carbocycles. The highest BCUT2D eigenvalue weighted by Crippen LogP contribution is 2.40. The minimum Gasteiger partial charge on any atom is -0.496 e. The van der Waals surface area contributed by atoms with Gasteiger partial charge in [0, 0.05) is 41.8 Å². The predicted octanol–water partition coefficient (Wildman–Crippen LogP) is 3.46. The van der Waals surface area contributed by atoms with Crippen LogP contribution < -0.4 is 14.8 Å². The fraction of sp³-hybridized carbons (Fsp3) is 0.368. The highest BCUT2D eigenvalue weighted by atomic mass is 79.9. The smallest absolute Gasteiger partial charge is 0.124 e. The van der Waals surface area contributed by atoms with Gasteiger partial charge in [-0.05, 0) is 24.3 Å². The average Bonchev–Trinajstić information content (AvgIpc) is 2.63. The van der Waals surface area contributed by atoms with Crippen LogP contribution in [0, 0.1) is 0 Å². The van der Waals surface area contributed by atoms with E-state index in [1.54, 1.807) is 14.2 Å². The van der Waals surface area contributed by atoms with Gasteiger partial charge in [-0.25, -0.2) is 0 Å². The second kappa shape index (κ2) is 8.01.